The number of sulfonamides is 1. The van der Waals surface area contributed by atoms with E-state index in [4.69, 9.17) is 0 Å². The zero-order valence-electron chi connectivity index (χ0n) is 12.8. The highest BCUT2D eigenvalue weighted by molar-refractivity contribution is 7.89. The molecule has 1 aliphatic rings. The number of hydrogen-bond donors (Lipinski definition) is 0. The lowest BCUT2D eigenvalue weighted by Crippen LogP contribution is -2.48. The number of benzene rings is 1. The number of piperazine rings is 1. The molecular weight excluding hydrogens is 337 g/mol. The van der Waals surface area contributed by atoms with Crippen LogP contribution in [0.1, 0.15) is 9.88 Å². The SMILES string of the molecule is Cc1cnc(CN2CCN(S(=O)(=O)c3ccccc3F)CC2)s1. The predicted molar refractivity (Wildman–Crippen MR) is 87.3 cm³/mol. The molecule has 0 spiro atoms. The Morgan fingerprint density at radius 2 is 1.91 bits per heavy atom. The Kier molecular flexibility index (Phi) is 4.77. The number of hydrogen-bond acceptors (Lipinski definition) is 5. The highest BCUT2D eigenvalue weighted by atomic mass is 32.2. The van der Waals surface area contributed by atoms with E-state index < -0.39 is 15.8 Å². The van der Waals surface area contributed by atoms with Crippen LogP contribution >= 0.6 is 11.3 Å². The Labute approximate surface area is 139 Å². The first kappa shape index (κ1) is 16.5. The highest BCUT2D eigenvalue weighted by Gasteiger charge is 2.30. The van der Waals surface area contributed by atoms with Crippen LogP contribution in [0, 0.1) is 12.7 Å². The Morgan fingerprint density at radius 3 is 2.52 bits per heavy atom. The highest BCUT2D eigenvalue weighted by Crippen LogP contribution is 2.21. The Bertz CT molecular complexity index is 784. The molecule has 2 heterocycles. The van der Waals surface area contributed by atoms with E-state index in [0.29, 0.717) is 26.2 Å². The fraction of sp³-hybridized carbons (Fsp3) is 0.400. The van der Waals surface area contributed by atoms with Gasteiger partial charge in [0.15, 0.2) is 0 Å². The lowest BCUT2D eigenvalue weighted by molar-refractivity contribution is 0.181. The van der Waals surface area contributed by atoms with E-state index in [9.17, 15) is 12.8 Å². The molecule has 0 atom stereocenters. The van der Waals surface area contributed by atoms with Crippen molar-refractivity contribution in [3.63, 3.8) is 0 Å². The molecule has 0 bridgehead atoms. The summed E-state index contributed by atoms with van der Waals surface area (Å²) in [5, 5.41) is 1.04. The second-order valence-corrected chi connectivity index (χ2v) is 8.70. The summed E-state index contributed by atoms with van der Waals surface area (Å²) in [7, 11) is -3.77. The second kappa shape index (κ2) is 6.64. The average Bonchev–Trinajstić information content (AvgIpc) is 2.93. The van der Waals surface area contributed by atoms with Crippen LogP contribution in [0.15, 0.2) is 35.4 Å². The summed E-state index contributed by atoms with van der Waals surface area (Å²) in [4.78, 5) is 7.43. The quantitative estimate of drug-likeness (QED) is 0.843. The standard InChI is InChI=1S/C15H18FN3O2S2/c1-12-10-17-15(22-12)11-18-6-8-19(9-7-18)23(20,21)14-5-3-2-4-13(14)16/h2-5,10H,6-9,11H2,1H3. The van der Waals surface area contributed by atoms with Gasteiger partial charge < -0.3 is 0 Å². The van der Waals surface area contributed by atoms with Gasteiger partial charge in [-0.05, 0) is 19.1 Å². The van der Waals surface area contributed by atoms with Crippen molar-refractivity contribution < 1.29 is 12.8 Å². The van der Waals surface area contributed by atoms with Crippen LogP contribution in [0.2, 0.25) is 0 Å². The van der Waals surface area contributed by atoms with Crippen LogP contribution in [0.25, 0.3) is 0 Å². The first-order valence-corrected chi connectivity index (χ1v) is 9.61. The third-order valence-electron chi connectivity index (χ3n) is 3.81. The van der Waals surface area contributed by atoms with Crippen LogP contribution in [0.4, 0.5) is 4.39 Å². The van der Waals surface area contributed by atoms with Gasteiger partial charge in [-0.25, -0.2) is 17.8 Å². The van der Waals surface area contributed by atoms with Gasteiger partial charge in [0.05, 0.1) is 6.54 Å². The first-order chi connectivity index (χ1) is 11.0. The largest absolute Gasteiger partial charge is 0.294 e. The zero-order valence-corrected chi connectivity index (χ0v) is 14.4. The second-order valence-electron chi connectivity index (χ2n) is 5.48. The summed E-state index contributed by atoms with van der Waals surface area (Å²) in [6.45, 7) is 4.70. The molecule has 0 radical (unpaired) electrons. The van der Waals surface area contributed by atoms with Crippen molar-refractivity contribution in [2.24, 2.45) is 0 Å². The fourth-order valence-corrected chi connectivity index (χ4v) is 4.90. The van der Waals surface area contributed by atoms with Crippen LogP contribution in [0.3, 0.4) is 0 Å². The summed E-state index contributed by atoms with van der Waals surface area (Å²) in [5.74, 6) is -0.701. The van der Waals surface area contributed by atoms with E-state index in [-0.39, 0.29) is 4.90 Å². The van der Waals surface area contributed by atoms with Gasteiger partial charge in [-0.1, -0.05) is 12.1 Å². The topological polar surface area (TPSA) is 53.5 Å². The average molecular weight is 355 g/mol. The third-order valence-corrected chi connectivity index (χ3v) is 6.64. The van der Waals surface area contributed by atoms with Gasteiger partial charge in [0.1, 0.15) is 15.7 Å². The van der Waals surface area contributed by atoms with Gasteiger partial charge in [-0.15, -0.1) is 11.3 Å². The molecule has 1 aromatic heterocycles. The summed E-state index contributed by atoms with van der Waals surface area (Å²) in [6.07, 6.45) is 1.85. The van der Waals surface area contributed by atoms with Crippen LogP contribution < -0.4 is 0 Å². The summed E-state index contributed by atoms with van der Waals surface area (Å²) < 4.78 is 40.2. The van der Waals surface area contributed by atoms with E-state index >= 15 is 0 Å². The molecular formula is C15H18FN3O2S2. The molecule has 1 aromatic carbocycles. The number of halogens is 1. The van der Waals surface area contributed by atoms with Crippen molar-refractivity contribution in [1.82, 2.24) is 14.2 Å². The molecule has 3 rings (SSSR count). The third kappa shape index (κ3) is 3.60. The smallest absolute Gasteiger partial charge is 0.246 e. The fourth-order valence-electron chi connectivity index (χ4n) is 2.59. The van der Waals surface area contributed by atoms with Crippen molar-refractivity contribution >= 4 is 21.4 Å². The van der Waals surface area contributed by atoms with Gasteiger partial charge in [-0.3, -0.25) is 4.90 Å². The Morgan fingerprint density at radius 1 is 1.22 bits per heavy atom. The maximum Gasteiger partial charge on any atom is 0.246 e. The minimum atomic E-state index is -3.77. The number of rotatable bonds is 4. The van der Waals surface area contributed by atoms with Gasteiger partial charge in [-0.2, -0.15) is 4.31 Å². The van der Waals surface area contributed by atoms with Crippen LogP contribution in [0.5, 0.6) is 0 Å². The van der Waals surface area contributed by atoms with Crippen molar-refractivity contribution in [2.75, 3.05) is 26.2 Å². The Balaban J connectivity index is 1.65. The molecule has 0 unspecified atom stereocenters. The lowest BCUT2D eigenvalue weighted by Gasteiger charge is -2.33. The number of aryl methyl sites for hydroxylation is 1. The molecule has 0 amide bonds. The number of aromatic nitrogens is 1. The van der Waals surface area contributed by atoms with Crippen LogP contribution in [-0.4, -0.2) is 48.8 Å². The maximum absolute atomic E-state index is 13.8. The van der Waals surface area contributed by atoms with Crippen molar-refractivity contribution in [2.45, 2.75) is 18.4 Å². The van der Waals surface area contributed by atoms with Gasteiger partial charge in [0.25, 0.3) is 0 Å². The van der Waals surface area contributed by atoms with Gasteiger partial charge in [0.2, 0.25) is 10.0 Å². The monoisotopic (exact) mass is 355 g/mol. The van der Waals surface area contributed by atoms with E-state index in [1.54, 1.807) is 11.3 Å². The van der Waals surface area contributed by atoms with Crippen LogP contribution in [-0.2, 0) is 16.6 Å². The summed E-state index contributed by atoms with van der Waals surface area (Å²) in [5.41, 5.74) is 0. The first-order valence-electron chi connectivity index (χ1n) is 7.35. The van der Waals surface area contributed by atoms with E-state index in [1.807, 2.05) is 13.1 Å². The lowest BCUT2D eigenvalue weighted by atomic mass is 10.3. The van der Waals surface area contributed by atoms with Gasteiger partial charge >= 0.3 is 0 Å². The predicted octanol–water partition coefficient (Wildman–Crippen LogP) is 2.10. The molecule has 0 saturated carbocycles. The van der Waals surface area contributed by atoms with E-state index in [0.717, 1.165) is 11.6 Å². The van der Waals surface area contributed by atoms with Gasteiger partial charge in [0, 0.05) is 37.3 Å². The molecule has 5 nitrogen and oxygen atoms in total. The Hall–Kier alpha value is -1.35. The van der Waals surface area contributed by atoms with E-state index in [2.05, 4.69) is 9.88 Å². The molecule has 23 heavy (non-hydrogen) atoms. The molecule has 1 saturated heterocycles. The van der Waals surface area contributed by atoms with Crippen molar-refractivity contribution in [3.05, 3.63) is 46.2 Å². The molecule has 1 fully saturated rings. The molecule has 124 valence electrons. The molecule has 2 aromatic rings. The molecule has 0 aliphatic carbocycles. The van der Waals surface area contributed by atoms with Crippen molar-refractivity contribution in [1.29, 1.82) is 0 Å². The normalized spacial score (nSPS) is 17.5. The summed E-state index contributed by atoms with van der Waals surface area (Å²) >= 11 is 1.65. The molecule has 1 aliphatic heterocycles. The number of thiazole rings is 1. The molecule has 0 N–H and O–H groups in total. The summed E-state index contributed by atoms with van der Waals surface area (Å²) in [6, 6.07) is 5.52. The minimum Gasteiger partial charge on any atom is -0.294 e. The maximum atomic E-state index is 13.8. The number of nitrogens with zero attached hydrogens (tertiary/aromatic N) is 3. The minimum absolute atomic E-state index is 0.246. The molecule has 8 heteroatoms. The zero-order chi connectivity index (χ0) is 16.4. The van der Waals surface area contributed by atoms with E-state index in [1.165, 1.54) is 33.4 Å². The van der Waals surface area contributed by atoms with Crippen molar-refractivity contribution in [3.8, 4) is 0 Å².